The third kappa shape index (κ3) is 1.70. The van der Waals surface area contributed by atoms with Crippen LogP contribution in [0.5, 0.6) is 0 Å². The molecule has 0 aliphatic carbocycles. The first kappa shape index (κ1) is 9.80. The normalized spacial score (nSPS) is 28.2. The van der Waals surface area contributed by atoms with Crippen LogP contribution in [0.4, 0.5) is 11.8 Å². The van der Waals surface area contributed by atoms with Crippen LogP contribution in [0.2, 0.25) is 0 Å². The highest BCUT2D eigenvalue weighted by Gasteiger charge is 2.34. The Hall–Kier alpha value is -1.40. The van der Waals surface area contributed by atoms with Gasteiger partial charge in [0, 0.05) is 19.3 Å². The predicted molar refractivity (Wildman–Crippen MR) is 60.0 cm³/mol. The van der Waals surface area contributed by atoms with Crippen LogP contribution in [0.25, 0.3) is 0 Å². The number of anilines is 2. The van der Waals surface area contributed by atoms with Crippen LogP contribution in [0, 0.1) is 0 Å². The summed E-state index contributed by atoms with van der Waals surface area (Å²) in [6.07, 6.45) is 4.77. The van der Waals surface area contributed by atoms with Gasteiger partial charge in [0.25, 0.3) is 0 Å². The second kappa shape index (κ2) is 3.88. The van der Waals surface area contributed by atoms with Gasteiger partial charge in [0.1, 0.15) is 5.82 Å². The van der Waals surface area contributed by atoms with E-state index in [4.69, 9.17) is 10.6 Å². The average molecular weight is 221 g/mol. The van der Waals surface area contributed by atoms with Gasteiger partial charge in [-0.1, -0.05) is 0 Å². The van der Waals surface area contributed by atoms with Crippen molar-refractivity contribution in [3.05, 3.63) is 12.3 Å². The van der Waals surface area contributed by atoms with E-state index in [-0.39, 0.29) is 0 Å². The first-order valence-corrected chi connectivity index (χ1v) is 5.55. The first-order chi connectivity index (χ1) is 7.85. The van der Waals surface area contributed by atoms with Crippen LogP contribution >= 0.6 is 0 Å². The van der Waals surface area contributed by atoms with Gasteiger partial charge in [-0.2, -0.15) is 4.98 Å². The number of nitrogen functional groups attached to an aromatic ring is 1. The summed E-state index contributed by atoms with van der Waals surface area (Å²) >= 11 is 0. The summed E-state index contributed by atoms with van der Waals surface area (Å²) in [6, 6.07) is 1.91. The smallest absolute Gasteiger partial charge is 0.239 e. The summed E-state index contributed by atoms with van der Waals surface area (Å²) in [5.74, 6) is 6.67. The van der Waals surface area contributed by atoms with Gasteiger partial charge in [0.05, 0.1) is 12.2 Å². The standard InChI is InChI=1S/C10H15N5O/c11-14-10-12-4-3-9(13-10)15-5-7-1-2-8(6-15)16-7/h3-4,7-8H,1-2,5-6,11H2,(H,12,13,14). The highest BCUT2D eigenvalue weighted by molar-refractivity contribution is 5.43. The Morgan fingerprint density at radius 1 is 1.38 bits per heavy atom. The van der Waals surface area contributed by atoms with Gasteiger partial charge in [-0.05, 0) is 18.9 Å². The number of fused-ring (bicyclic) bond motifs is 2. The zero-order valence-corrected chi connectivity index (χ0v) is 8.97. The molecule has 86 valence electrons. The molecule has 0 spiro atoms. The number of morpholine rings is 1. The first-order valence-electron chi connectivity index (χ1n) is 5.55. The fraction of sp³-hybridized carbons (Fsp3) is 0.600. The number of hydrazine groups is 1. The van der Waals surface area contributed by atoms with Crippen molar-refractivity contribution in [3.63, 3.8) is 0 Å². The van der Waals surface area contributed by atoms with Gasteiger partial charge in [0.15, 0.2) is 0 Å². The number of aromatic nitrogens is 2. The van der Waals surface area contributed by atoms with E-state index in [0.717, 1.165) is 31.7 Å². The number of nitrogens with zero attached hydrogens (tertiary/aromatic N) is 3. The van der Waals surface area contributed by atoms with Crippen LogP contribution in [0.1, 0.15) is 12.8 Å². The number of ether oxygens (including phenoxy) is 1. The van der Waals surface area contributed by atoms with E-state index in [1.807, 2.05) is 6.07 Å². The summed E-state index contributed by atoms with van der Waals surface area (Å²) in [4.78, 5) is 10.6. The maximum absolute atomic E-state index is 5.78. The zero-order valence-electron chi connectivity index (χ0n) is 8.97. The van der Waals surface area contributed by atoms with E-state index in [1.54, 1.807) is 6.20 Å². The maximum Gasteiger partial charge on any atom is 0.239 e. The number of rotatable bonds is 2. The summed E-state index contributed by atoms with van der Waals surface area (Å²) < 4.78 is 5.78. The minimum Gasteiger partial charge on any atom is -0.371 e. The predicted octanol–water partition coefficient (Wildman–Crippen LogP) is 0.130. The molecule has 3 heterocycles. The van der Waals surface area contributed by atoms with Crippen molar-refractivity contribution in [1.29, 1.82) is 0 Å². The van der Waals surface area contributed by atoms with Crippen molar-refractivity contribution in [2.75, 3.05) is 23.4 Å². The number of nitrogens with two attached hydrogens (primary N) is 1. The molecule has 0 amide bonds. The largest absolute Gasteiger partial charge is 0.371 e. The molecule has 2 bridgehead atoms. The average Bonchev–Trinajstić information content (AvgIpc) is 2.68. The Morgan fingerprint density at radius 3 is 2.81 bits per heavy atom. The van der Waals surface area contributed by atoms with E-state index in [2.05, 4.69) is 20.3 Å². The van der Waals surface area contributed by atoms with Crippen LogP contribution in [-0.4, -0.2) is 35.3 Å². The lowest BCUT2D eigenvalue weighted by atomic mass is 10.2. The van der Waals surface area contributed by atoms with Gasteiger partial charge in [-0.15, -0.1) is 0 Å². The fourth-order valence-electron chi connectivity index (χ4n) is 2.40. The summed E-state index contributed by atoms with van der Waals surface area (Å²) in [7, 11) is 0. The van der Waals surface area contributed by atoms with E-state index >= 15 is 0 Å². The van der Waals surface area contributed by atoms with Crippen molar-refractivity contribution >= 4 is 11.8 Å². The molecule has 16 heavy (non-hydrogen) atoms. The van der Waals surface area contributed by atoms with Crippen molar-refractivity contribution in [2.45, 2.75) is 25.0 Å². The molecule has 2 unspecified atom stereocenters. The summed E-state index contributed by atoms with van der Waals surface area (Å²) in [5, 5.41) is 0. The second-order valence-corrected chi connectivity index (χ2v) is 4.25. The second-order valence-electron chi connectivity index (χ2n) is 4.25. The van der Waals surface area contributed by atoms with Crippen molar-refractivity contribution in [3.8, 4) is 0 Å². The van der Waals surface area contributed by atoms with E-state index in [9.17, 15) is 0 Å². The molecule has 2 saturated heterocycles. The molecule has 2 atom stereocenters. The Labute approximate surface area is 93.8 Å². The molecular weight excluding hydrogens is 206 g/mol. The number of hydrogen-bond donors (Lipinski definition) is 2. The molecule has 2 aliphatic rings. The lowest BCUT2D eigenvalue weighted by molar-refractivity contribution is 0.0302. The SMILES string of the molecule is NNc1nccc(N2CC3CCC(C2)O3)n1. The van der Waals surface area contributed by atoms with Crippen molar-refractivity contribution in [2.24, 2.45) is 5.84 Å². The van der Waals surface area contributed by atoms with Gasteiger partial charge in [-0.3, -0.25) is 5.43 Å². The van der Waals surface area contributed by atoms with Crippen LogP contribution in [-0.2, 0) is 4.74 Å². The van der Waals surface area contributed by atoms with Crippen LogP contribution in [0.15, 0.2) is 12.3 Å². The molecule has 0 radical (unpaired) electrons. The molecule has 6 nitrogen and oxygen atoms in total. The quantitative estimate of drug-likeness (QED) is 0.546. The third-order valence-electron chi connectivity index (χ3n) is 3.14. The fourth-order valence-corrected chi connectivity index (χ4v) is 2.40. The summed E-state index contributed by atoms with van der Waals surface area (Å²) in [5.41, 5.74) is 2.46. The molecule has 2 aliphatic heterocycles. The maximum atomic E-state index is 5.78. The molecule has 3 rings (SSSR count). The van der Waals surface area contributed by atoms with Gasteiger partial charge < -0.3 is 9.64 Å². The highest BCUT2D eigenvalue weighted by atomic mass is 16.5. The Balaban J connectivity index is 1.81. The molecule has 3 N–H and O–H groups in total. The third-order valence-corrected chi connectivity index (χ3v) is 3.14. The van der Waals surface area contributed by atoms with Crippen LogP contribution in [0.3, 0.4) is 0 Å². The summed E-state index contributed by atoms with van der Waals surface area (Å²) in [6.45, 7) is 1.83. The molecule has 1 aromatic rings. The molecule has 2 fully saturated rings. The molecule has 6 heteroatoms. The minimum absolute atomic E-state index is 0.364. The topological polar surface area (TPSA) is 76.3 Å². The molecule has 1 aromatic heterocycles. The van der Waals surface area contributed by atoms with E-state index < -0.39 is 0 Å². The lowest BCUT2D eigenvalue weighted by Crippen LogP contribution is -2.43. The van der Waals surface area contributed by atoms with Crippen molar-refractivity contribution < 1.29 is 4.74 Å². The zero-order chi connectivity index (χ0) is 11.0. The lowest BCUT2D eigenvalue weighted by Gasteiger charge is -2.32. The Kier molecular flexibility index (Phi) is 2.37. The molecule has 0 aromatic carbocycles. The Bertz CT molecular complexity index is 373. The Morgan fingerprint density at radius 2 is 2.12 bits per heavy atom. The van der Waals surface area contributed by atoms with E-state index in [0.29, 0.717) is 18.2 Å². The van der Waals surface area contributed by atoms with Gasteiger partial charge in [-0.25, -0.2) is 10.8 Å². The van der Waals surface area contributed by atoms with Gasteiger partial charge in [0.2, 0.25) is 5.95 Å². The van der Waals surface area contributed by atoms with Crippen LogP contribution < -0.4 is 16.2 Å². The monoisotopic (exact) mass is 221 g/mol. The highest BCUT2D eigenvalue weighted by Crippen LogP contribution is 2.28. The van der Waals surface area contributed by atoms with Gasteiger partial charge >= 0.3 is 0 Å². The minimum atomic E-state index is 0.364. The van der Waals surface area contributed by atoms with E-state index in [1.165, 1.54) is 0 Å². The molecular formula is C10H15N5O. The molecule has 0 saturated carbocycles. The van der Waals surface area contributed by atoms with Crippen molar-refractivity contribution in [1.82, 2.24) is 9.97 Å². The number of nitrogens with one attached hydrogen (secondary N) is 1. The number of hydrogen-bond acceptors (Lipinski definition) is 6.